The van der Waals surface area contributed by atoms with Crippen LogP contribution < -0.4 is 0 Å². The molecule has 0 atom stereocenters. The highest BCUT2D eigenvalue weighted by Gasteiger charge is 2.05. The van der Waals surface area contributed by atoms with Crippen molar-refractivity contribution in [1.29, 1.82) is 0 Å². The molecule has 0 saturated carbocycles. The zero-order chi connectivity index (χ0) is 10.1. The molecule has 0 saturated heterocycles. The molecule has 0 aliphatic carbocycles. The number of aromatic nitrogens is 1. The Morgan fingerprint density at radius 2 is 2.21 bits per heavy atom. The smallest absolute Gasteiger partial charge is 0.0757 e. The van der Waals surface area contributed by atoms with Crippen LogP contribution in [-0.2, 0) is 5.33 Å². The van der Waals surface area contributed by atoms with E-state index in [1.165, 1.54) is 5.56 Å². The lowest BCUT2D eigenvalue weighted by Crippen LogP contribution is -1.88. The van der Waals surface area contributed by atoms with Gasteiger partial charge in [-0.2, -0.15) is 0 Å². The van der Waals surface area contributed by atoms with E-state index in [4.69, 9.17) is 11.6 Å². The first kappa shape index (κ1) is 9.94. The predicted octanol–water partition coefficient (Wildman–Crippen LogP) is 4.09. The summed E-state index contributed by atoms with van der Waals surface area (Å²) in [5, 5.41) is 2.65. The van der Waals surface area contributed by atoms with E-state index >= 15 is 0 Å². The van der Waals surface area contributed by atoms with Crippen LogP contribution in [0.1, 0.15) is 11.1 Å². The van der Waals surface area contributed by atoms with Crippen molar-refractivity contribution in [3.63, 3.8) is 0 Å². The van der Waals surface area contributed by atoms with Crippen molar-refractivity contribution in [3.05, 3.63) is 40.5 Å². The highest BCUT2D eigenvalue weighted by molar-refractivity contribution is 9.08. The second kappa shape index (κ2) is 3.87. The molecule has 0 spiro atoms. The highest BCUT2D eigenvalue weighted by atomic mass is 79.9. The molecular formula is C11H9BrClN. The maximum atomic E-state index is 6.07. The van der Waals surface area contributed by atoms with Gasteiger partial charge in [-0.25, -0.2) is 0 Å². The van der Waals surface area contributed by atoms with Gasteiger partial charge >= 0.3 is 0 Å². The molecule has 1 aromatic carbocycles. The highest BCUT2D eigenvalue weighted by Crippen LogP contribution is 2.26. The molecule has 3 heteroatoms. The van der Waals surface area contributed by atoms with E-state index in [1.807, 2.05) is 25.3 Å². The molecule has 0 fully saturated rings. The Bertz CT molecular complexity index is 482. The number of hydrogen-bond donors (Lipinski definition) is 0. The van der Waals surface area contributed by atoms with Gasteiger partial charge in [0, 0.05) is 27.5 Å². The summed E-state index contributed by atoms with van der Waals surface area (Å²) in [5.41, 5.74) is 3.21. The van der Waals surface area contributed by atoms with Crippen molar-refractivity contribution < 1.29 is 0 Å². The predicted molar refractivity (Wildman–Crippen MR) is 64.1 cm³/mol. The number of aryl methyl sites for hydroxylation is 1. The molecule has 0 N–H and O–H groups in total. The topological polar surface area (TPSA) is 12.9 Å². The summed E-state index contributed by atoms with van der Waals surface area (Å²) in [7, 11) is 0. The van der Waals surface area contributed by atoms with Crippen molar-refractivity contribution in [3.8, 4) is 0 Å². The van der Waals surface area contributed by atoms with Gasteiger partial charge in [0.25, 0.3) is 0 Å². The van der Waals surface area contributed by atoms with Crippen LogP contribution in [-0.4, -0.2) is 4.98 Å². The van der Waals surface area contributed by atoms with E-state index in [9.17, 15) is 0 Å². The van der Waals surface area contributed by atoms with Gasteiger partial charge in [-0.3, -0.25) is 4.98 Å². The molecule has 2 rings (SSSR count). The van der Waals surface area contributed by atoms with Crippen molar-refractivity contribution in [2.75, 3.05) is 0 Å². The van der Waals surface area contributed by atoms with Crippen LogP contribution in [0.15, 0.2) is 24.4 Å². The molecule has 1 heterocycles. The molecule has 0 bridgehead atoms. The number of fused-ring (bicyclic) bond motifs is 1. The summed E-state index contributed by atoms with van der Waals surface area (Å²) in [6, 6.07) is 6.04. The summed E-state index contributed by atoms with van der Waals surface area (Å²) in [6.07, 6.45) is 1.87. The Balaban J connectivity index is 2.82. The Labute approximate surface area is 96.2 Å². The van der Waals surface area contributed by atoms with Gasteiger partial charge < -0.3 is 0 Å². The Morgan fingerprint density at radius 1 is 1.43 bits per heavy atom. The summed E-state index contributed by atoms with van der Waals surface area (Å²) >= 11 is 9.50. The number of benzene rings is 1. The van der Waals surface area contributed by atoms with Gasteiger partial charge in [-0.05, 0) is 24.6 Å². The third kappa shape index (κ3) is 1.64. The van der Waals surface area contributed by atoms with Gasteiger partial charge in [0.05, 0.1) is 5.52 Å². The zero-order valence-electron chi connectivity index (χ0n) is 7.72. The minimum Gasteiger partial charge on any atom is -0.256 e. The third-order valence-electron chi connectivity index (χ3n) is 2.17. The first-order valence-corrected chi connectivity index (χ1v) is 5.82. The minimum atomic E-state index is 0.735. The molecule has 72 valence electrons. The third-order valence-corrected chi connectivity index (χ3v) is 3.09. The van der Waals surface area contributed by atoms with Crippen molar-refractivity contribution in [2.45, 2.75) is 12.3 Å². The fourth-order valence-corrected chi connectivity index (χ4v) is 2.42. The largest absolute Gasteiger partial charge is 0.256 e. The van der Waals surface area contributed by atoms with E-state index in [-0.39, 0.29) is 0 Å². The standard InChI is InChI=1S/C11H9BrClN/c1-7-4-8-2-3-10(13)9(5-12)11(8)14-6-7/h2-4,6H,5H2,1H3. The summed E-state index contributed by atoms with van der Waals surface area (Å²) in [6.45, 7) is 2.04. The lowest BCUT2D eigenvalue weighted by Gasteiger charge is -2.05. The second-order valence-corrected chi connectivity index (χ2v) is 4.21. The van der Waals surface area contributed by atoms with Crippen LogP contribution in [0.2, 0.25) is 5.02 Å². The SMILES string of the molecule is Cc1cnc2c(CBr)c(Cl)ccc2c1. The molecule has 2 aromatic rings. The molecular weight excluding hydrogens is 261 g/mol. The maximum Gasteiger partial charge on any atom is 0.0757 e. The number of pyridine rings is 1. The van der Waals surface area contributed by atoms with Gasteiger partial charge in [0.1, 0.15) is 0 Å². The second-order valence-electron chi connectivity index (χ2n) is 3.24. The maximum absolute atomic E-state index is 6.07. The van der Waals surface area contributed by atoms with Crippen LogP contribution in [0.25, 0.3) is 10.9 Å². The quantitative estimate of drug-likeness (QED) is 0.711. The lowest BCUT2D eigenvalue weighted by molar-refractivity contribution is 1.30. The lowest BCUT2D eigenvalue weighted by atomic mass is 10.1. The van der Waals surface area contributed by atoms with E-state index in [1.54, 1.807) is 0 Å². The number of nitrogens with zero attached hydrogens (tertiary/aromatic N) is 1. The molecule has 1 aromatic heterocycles. The summed E-state index contributed by atoms with van der Waals surface area (Å²) in [5.74, 6) is 0. The zero-order valence-corrected chi connectivity index (χ0v) is 10.1. The van der Waals surface area contributed by atoms with Crippen LogP contribution in [0.5, 0.6) is 0 Å². The van der Waals surface area contributed by atoms with Crippen molar-refractivity contribution in [2.24, 2.45) is 0 Å². The van der Waals surface area contributed by atoms with E-state index in [0.717, 1.165) is 26.8 Å². The molecule has 0 aliphatic rings. The van der Waals surface area contributed by atoms with E-state index in [2.05, 4.69) is 27.0 Å². The number of rotatable bonds is 1. The fraction of sp³-hybridized carbons (Fsp3) is 0.182. The first-order valence-electron chi connectivity index (χ1n) is 4.32. The van der Waals surface area contributed by atoms with E-state index < -0.39 is 0 Å². The van der Waals surface area contributed by atoms with Crippen molar-refractivity contribution >= 4 is 38.4 Å². The molecule has 1 nitrogen and oxygen atoms in total. The fourth-order valence-electron chi connectivity index (χ4n) is 1.47. The van der Waals surface area contributed by atoms with Crippen LogP contribution >= 0.6 is 27.5 Å². The van der Waals surface area contributed by atoms with Crippen molar-refractivity contribution in [1.82, 2.24) is 4.98 Å². The normalized spacial score (nSPS) is 10.8. The Morgan fingerprint density at radius 3 is 2.93 bits per heavy atom. The minimum absolute atomic E-state index is 0.735. The van der Waals surface area contributed by atoms with Gasteiger partial charge in [-0.15, -0.1) is 0 Å². The summed E-state index contributed by atoms with van der Waals surface area (Å²) in [4.78, 5) is 4.40. The number of alkyl halides is 1. The molecule has 0 radical (unpaired) electrons. The molecule has 0 aliphatic heterocycles. The Hall–Kier alpha value is -0.600. The monoisotopic (exact) mass is 269 g/mol. The van der Waals surface area contributed by atoms with Crippen LogP contribution in [0, 0.1) is 6.92 Å². The van der Waals surface area contributed by atoms with Gasteiger partial charge in [0.2, 0.25) is 0 Å². The van der Waals surface area contributed by atoms with Crippen LogP contribution in [0.4, 0.5) is 0 Å². The molecule has 0 amide bonds. The van der Waals surface area contributed by atoms with E-state index in [0.29, 0.717) is 0 Å². The van der Waals surface area contributed by atoms with Gasteiger partial charge in [-0.1, -0.05) is 33.6 Å². The Kier molecular flexibility index (Phi) is 2.75. The summed E-state index contributed by atoms with van der Waals surface area (Å²) < 4.78 is 0. The van der Waals surface area contributed by atoms with Crippen LogP contribution in [0.3, 0.4) is 0 Å². The van der Waals surface area contributed by atoms with Gasteiger partial charge in [0.15, 0.2) is 0 Å². The number of hydrogen-bond acceptors (Lipinski definition) is 1. The average molecular weight is 271 g/mol. The first-order chi connectivity index (χ1) is 6.72. The number of halogens is 2. The average Bonchev–Trinajstić information content (AvgIpc) is 2.18. The molecule has 14 heavy (non-hydrogen) atoms. The molecule has 0 unspecified atom stereocenters.